The Bertz CT molecular complexity index is 1050. The highest BCUT2D eigenvalue weighted by Gasteiger charge is 2.26. The Morgan fingerprint density at radius 2 is 1.90 bits per heavy atom. The summed E-state index contributed by atoms with van der Waals surface area (Å²) in [7, 11) is -3.72. The summed E-state index contributed by atoms with van der Waals surface area (Å²) in [5.74, 6) is -0.606. The van der Waals surface area contributed by atoms with E-state index in [-0.39, 0.29) is 29.2 Å². The molecule has 2 aromatic rings. The van der Waals surface area contributed by atoms with Gasteiger partial charge in [0.15, 0.2) is 0 Å². The minimum Gasteiger partial charge on any atom is -0.379 e. The molecule has 0 spiro atoms. The molecular formula is C18H18N4O6S. The molecule has 1 amide bonds. The molecule has 1 N–H and O–H groups in total. The first-order valence-corrected chi connectivity index (χ1v) is 10.1. The fourth-order valence-electron chi connectivity index (χ4n) is 2.68. The molecule has 1 saturated heterocycles. The van der Waals surface area contributed by atoms with Gasteiger partial charge in [-0.05, 0) is 18.2 Å². The van der Waals surface area contributed by atoms with Crippen LogP contribution in [0.4, 0.5) is 5.69 Å². The molecule has 2 aromatic carbocycles. The van der Waals surface area contributed by atoms with Crippen molar-refractivity contribution in [2.45, 2.75) is 4.90 Å². The third-order valence-corrected chi connectivity index (χ3v) is 6.06. The van der Waals surface area contributed by atoms with E-state index < -0.39 is 20.9 Å². The maximum Gasteiger partial charge on any atom is 0.271 e. The number of carbonyl (C=O) groups is 1. The van der Waals surface area contributed by atoms with Crippen LogP contribution in [0.25, 0.3) is 0 Å². The lowest BCUT2D eigenvalue weighted by Gasteiger charge is -2.26. The summed E-state index contributed by atoms with van der Waals surface area (Å²) in [5, 5.41) is 14.6. The molecule has 152 valence electrons. The summed E-state index contributed by atoms with van der Waals surface area (Å²) >= 11 is 0. The number of carbonyl (C=O) groups excluding carboxylic acids is 1. The standard InChI is InChI=1S/C18H18N4O6S/c23-18(20-19-13-14-3-1-5-16(11-14)22(24)25)15-4-2-6-17(12-15)29(26,27)21-7-9-28-10-8-21/h1-6,11-13H,7-10H2,(H,20,23)/b19-13-. The molecule has 1 aliphatic rings. The van der Waals surface area contributed by atoms with Crippen LogP contribution in [0, 0.1) is 10.1 Å². The zero-order valence-corrected chi connectivity index (χ0v) is 16.0. The van der Waals surface area contributed by atoms with Gasteiger partial charge in [0, 0.05) is 36.3 Å². The molecule has 0 aromatic heterocycles. The largest absolute Gasteiger partial charge is 0.379 e. The summed E-state index contributed by atoms with van der Waals surface area (Å²) < 4.78 is 31.9. The van der Waals surface area contributed by atoms with Crippen LogP contribution in [-0.4, -0.2) is 56.1 Å². The Morgan fingerprint density at radius 3 is 2.62 bits per heavy atom. The van der Waals surface area contributed by atoms with Crippen LogP contribution in [0.3, 0.4) is 0 Å². The van der Waals surface area contributed by atoms with Crippen molar-refractivity contribution in [3.8, 4) is 0 Å². The van der Waals surface area contributed by atoms with E-state index in [4.69, 9.17) is 4.74 Å². The summed E-state index contributed by atoms with van der Waals surface area (Å²) in [6.07, 6.45) is 1.26. The van der Waals surface area contributed by atoms with E-state index in [1.54, 1.807) is 6.07 Å². The lowest BCUT2D eigenvalue weighted by molar-refractivity contribution is -0.384. The molecule has 11 heteroatoms. The number of hydrogen-bond acceptors (Lipinski definition) is 7. The van der Waals surface area contributed by atoms with Crippen molar-refractivity contribution in [1.29, 1.82) is 0 Å². The van der Waals surface area contributed by atoms with E-state index in [0.29, 0.717) is 18.8 Å². The van der Waals surface area contributed by atoms with E-state index in [2.05, 4.69) is 10.5 Å². The zero-order valence-electron chi connectivity index (χ0n) is 15.2. The van der Waals surface area contributed by atoms with Crippen molar-refractivity contribution in [1.82, 2.24) is 9.73 Å². The van der Waals surface area contributed by atoms with Gasteiger partial charge in [0.25, 0.3) is 11.6 Å². The summed E-state index contributed by atoms with van der Waals surface area (Å²) in [6.45, 7) is 1.16. The highest BCUT2D eigenvalue weighted by molar-refractivity contribution is 7.89. The first kappa shape index (κ1) is 20.6. The van der Waals surface area contributed by atoms with Crippen molar-refractivity contribution in [2.24, 2.45) is 5.10 Å². The zero-order chi connectivity index (χ0) is 20.9. The number of rotatable bonds is 6. The summed E-state index contributed by atoms with van der Waals surface area (Å²) in [4.78, 5) is 22.6. The maximum atomic E-state index is 12.7. The van der Waals surface area contributed by atoms with Crippen molar-refractivity contribution >= 4 is 27.8 Å². The number of morpholine rings is 1. The minimum absolute atomic E-state index is 0.00899. The Kier molecular flexibility index (Phi) is 6.32. The van der Waals surface area contributed by atoms with Crippen LogP contribution in [0.5, 0.6) is 0 Å². The van der Waals surface area contributed by atoms with Gasteiger partial charge in [0.05, 0.1) is 29.2 Å². The first-order valence-electron chi connectivity index (χ1n) is 8.64. The van der Waals surface area contributed by atoms with Gasteiger partial charge in [-0.2, -0.15) is 9.41 Å². The molecule has 10 nitrogen and oxygen atoms in total. The highest BCUT2D eigenvalue weighted by Crippen LogP contribution is 2.18. The van der Waals surface area contributed by atoms with Gasteiger partial charge in [0.1, 0.15) is 0 Å². The van der Waals surface area contributed by atoms with Gasteiger partial charge in [-0.15, -0.1) is 0 Å². The second-order valence-corrected chi connectivity index (χ2v) is 8.03. The molecular weight excluding hydrogens is 400 g/mol. The van der Waals surface area contributed by atoms with E-state index in [1.807, 2.05) is 0 Å². The molecule has 1 aliphatic heterocycles. The fraction of sp³-hybridized carbons (Fsp3) is 0.222. The average Bonchev–Trinajstić information content (AvgIpc) is 2.74. The van der Waals surface area contributed by atoms with Crippen molar-refractivity contribution in [2.75, 3.05) is 26.3 Å². The topological polar surface area (TPSA) is 131 Å². The van der Waals surface area contributed by atoms with Crippen molar-refractivity contribution in [3.05, 3.63) is 69.8 Å². The number of benzene rings is 2. The molecule has 0 aliphatic carbocycles. The number of ether oxygens (including phenoxy) is 1. The van der Waals surface area contributed by atoms with Crippen LogP contribution >= 0.6 is 0 Å². The molecule has 1 fully saturated rings. The van der Waals surface area contributed by atoms with Gasteiger partial charge in [-0.3, -0.25) is 14.9 Å². The quantitative estimate of drug-likeness (QED) is 0.428. The van der Waals surface area contributed by atoms with Crippen LogP contribution in [0.1, 0.15) is 15.9 Å². The monoisotopic (exact) mass is 418 g/mol. The number of amides is 1. The molecule has 3 rings (SSSR count). The Labute approximate surface area is 167 Å². The maximum absolute atomic E-state index is 12.7. The Morgan fingerprint density at radius 1 is 1.17 bits per heavy atom. The third kappa shape index (κ3) is 5.02. The first-order chi connectivity index (χ1) is 13.9. The Hall–Kier alpha value is -3.15. The van der Waals surface area contributed by atoms with Crippen LogP contribution < -0.4 is 5.43 Å². The average molecular weight is 418 g/mol. The van der Waals surface area contributed by atoms with Gasteiger partial charge in [-0.1, -0.05) is 18.2 Å². The number of non-ortho nitro benzene ring substituents is 1. The lowest BCUT2D eigenvalue weighted by atomic mass is 10.2. The molecule has 0 saturated carbocycles. The van der Waals surface area contributed by atoms with Gasteiger partial charge in [0.2, 0.25) is 10.0 Å². The third-order valence-electron chi connectivity index (χ3n) is 4.16. The SMILES string of the molecule is O=C(N/N=C\c1cccc([N+](=O)[O-])c1)c1cccc(S(=O)(=O)N2CCOCC2)c1. The van der Waals surface area contributed by atoms with E-state index in [9.17, 15) is 23.3 Å². The number of nitrogens with one attached hydrogen (secondary N) is 1. The van der Waals surface area contributed by atoms with Gasteiger partial charge in [-0.25, -0.2) is 13.8 Å². The van der Waals surface area contributed by atoms with Crippen molar-refractivity contribution < 1.29 is 22.9 Å². The normalized spacial score (nSPS) is 15.3. The molecule has 0 bridgehead atoms. The lowest BCUT2D eigenvalue weighted by Crippen LogP contribution is -2.40. The second kappa shape index (κ2) is 8.90. The van der Waals surface area contributed by atoms with E-state index in [1.165, 1.54) is 53.0 Å². The summed E-state index contributed by atoms with van der Waals surface area (Å²) in [6, 6.07) is 11.4. The number of hydrazone groups is 1. The van der Waals surface area contributed by atoms with Crippen LogP contribution in [0.15, 0.2) is 58.5 Å². The van der Waals surface area contributed by atoms with Gasteiger partial charge >= 0.3 is 0 Å². The minimum atomic E-state index is -3.72. The van der Waals surface area contributed by atoms with E-state index >= 15 is 0 Å². The number of nitro groups is 1. The highest BCUT2D eigenvalue weighted by atomic mass is 32.2. The van der Waals surface area contributed by atoms with Gasteiger partial charge < -0.3 is 4.74 Å². The predicted octanol–water partition coefficient (Wildman–Crippen LogP) is 1.38. The fourth-order valence-corrected chi connectivity index (χ4v) is 4.14. The number of hydrogen-bond donors (Lipinski definition) is 1. The molecule has 0 radical (unpaired) electrons. The Balaban J connectivity index is 1.71. The molecule has 0 unspecified atom stereocenters. The summed E-state index contributed by atoms with van der Waals surface area (Å²) in [5.41, 5.74) is 2.74. The second-order valence-electron chi connectivity index (χ2n) is 6.10. The molecule has 0 atom stereocenters. The molecule has 1 heterocycles. The predicted molar refractivity (Wildman–Crippen MR) is 104 cm³/mol. The molecule has 29 heavy (non-hydrogen) atoms. The van der Waals surface area contributed by atoms with E-state index in [0.717, 1.165) is 0 Å². The van der Waals surface area contributed by atoms with Crippen LogP contribution in [-0.2, 0) is 14.8 Å². The smallest absolute Gasteiger partial charge is 0.271 e. The number of sulfonamides is 1. The van der Waals surface area contributed by atoms with Crippen molar-refractivity contribution in [3.63, 3.8) is 0 Å². The van der Waals surface area contributed by atoms with Crippen LogP contribution in [0.2, 0.25) is 0 Å². The number of nitrogens with zero attached hydrogens (tertiary/aromatic N) is 3. The number of nitro benzene ring substituents is 1.